The van der Waals surface area contributed by atoms with E-state index in [4.69, 9.17) is 9.47 Å². The minimum absolute atomic E-state index is 0.0949. The Morgan fingerprint density at radius 1 is 1.26 bits per heavy atom. The lowest BCUT2D eigenvalue weighted by molar-refractivity contribution is -0.163. The molecule has 1 aliphatic carbocycles. The third kappa shape index (κ3) is 4.07. The minimum Gasteiger partial charge on any atom is -0.460 e. The summed E-state index contributed by atoms with van der Waals surface area (Å²) in [5.41, 5.74) is 0. The van der Waals surface area contributed by atoms with Crippen molar-refractivity contribution >= 4 is 5.97 Å². The topological polar surface area (TPSA) is 35.5 Å². The molecule has 2 rings (SSSR count). The second-order valence-electron chi connectivity index (χ2n) is 5.82. The summed E-state index contributed by atoms with van der Waals surface area (Å²) in [6.07, 6.45) is 10.2. The summed E-state index contributed by atoms with van der Waals surface area (Å²) in [5.74, 6) is 0.465. The van der Waals surface area contributed by atoms with Crippen molar-refractivity contribution in [3.05, 3.63) is 12.7 Å². The van der Waals surface area contributed by atoms with E-state index in [1.165, 1.54) is 0 Å². The Labute approximate surface area is 116 Å². The number of carbonyl (C=O) groups is 1. The van der Waals surface area contributed by atoms with Crippen LogP contribution in [0.2, 0.25) is 0 Å². The molecule has 1 saturated heterocycles. The molecule has 2 aliphatic rings. The number of ether oxygens (including phenoxy) is 2. The van der Waals surface area contributed by atoms with Gasteiger partial charge in [0.2, 0.25) is 0 Å². The van der Waals surface area contributed by atoms with Gasteiger partial charge in [-0.15, -0.1) is 6.58 Å². The van der Waals surface area contributed by atoms with Crippen LogP contribution in [0.1, 0.15) is 58.3 Å². The van der Waals surface area contributed by atoms with Crippen LogP contribution < -0.4 is 0 Å². The minimum atomic E-state index is -0.311. The molecule has 0 amide bonds. The van der Waals surface area contributed by atoms with E-state index in [1.54, 1.807) is 0 Å². The van der Waals surface area contributed by atoms with Crippen LogP contribution in [0.15, 0.2) is 12.7 Å². The second kappa shape index (κ2) is 7.09. The molecule has 0 bridgehead atoms. The van der Waals surface area contributed by atoms with Crippen molar-refractivity contribution in [2.75, 3.05) is 0 Å². The van der Waals surface area contributed by atoms with E-state index in [9.17, 15) is 4.79 Å². The Morgan fingerprint density at radius 3 is 2.63 bits per heavy atom. The Hall–Kier alpha value is -0.830. The highest BCUT2D eigenvalue weighted by Crippen LogP contribution is 2.29. The number of hydrogen-bond donors (Lipinski definition) is 0. The zero-order valence-corrected chi connectivity index (χ0v) is 12.0. The first-order valence-electron chi connectivity index (χ1n) is 7.71. The van der Waals surface area contributed by atoms with Gasteiger partial charge in [-0.3, -0.25) is 0 Å². The van der Waals surface area contributed by atoms with Gasteiger partial charge in [-0.2, -0.15) is 0 Å². The number of rotatable bonds is 5. The van der Waals surface area contributed by atoms with Gasteiger partial charge in [-0.05, 0) is 50.9 Å². The molecule has 0 N–H and O–H groups in total. The van der Waals surface area contributed by atoms with Gasteiger partial charge in [-0.1, -0.05) is 19.4 Å². The van der Waals surface area contributed by atoms with Gasteiger partial charge in [0.15, 0.2) is 6.10 Å². The molecular formula is C16H26O3. The van der Waals surface area contributed by atoms with Crippen molar-refractivity contribution in [3.63, 3.8) is 0 Å². The Kier molecular flexibility index (Phi) is 5.44. The molecular weight excluding hydrogens is 240 g/mol. The quantitative estimate of drug-likeness (QED) is 0.563. The van der Waals surface area contributed by atoms with Gasteiger partial charge in [0.05, 0.1) is 6.10 Å². The van der Waals surface area contributed by atoms with Gasteiger partial charge in [0, 0.05) is 0 Å². The van der Waals surface area contributed by atoms with Crippen LogP contribution in [0.3, 0.4) is 0 Å². The molecule has 2 atom stereocenters. The van der Waals surface area contributed by atoms with E-state index in [0.29, 0.717) is 5.92 Å². The summed E-state index contributed by atoms with van der Waals surface area (Å²) in [6, 6.07) is 0. The highest BCUT2D eigenvalue weighted by Gasteiger charge is 2.33. The molecule has 108 valence electrons. The van der Waals surface area contributed by atoms with E-state index >= 15 is 0 Å². The van der Waals surface area contributed by atoms with E-state index < -0.39 is 0 Å². The van der Waals surface area contributed by atoms with Crippen LogP contribution in [-0.4, -0.2) is 24.3 Å². The Morgan fingerprint density at radius 2 is 2.00 bits per heavy atom. The van der Waals surface area contributed by atoms with Crippen LogP contribution in [-0.2, 0) is 14.3 Å². The monoisotopic (exact) mass is 266 g/mol. The number of hydrogen-bond acceptors (Lipinski definition) is 3. The van der Waals surface area contributed by atoms with E-state index in [-0.39, 0.29) is 24.3 Å². The van der Waals surface area contributed by atoms with Crippen LogP contribution >= 0.6 is 0 Å². The third-order valence-electron chi connectivity index (χ3n) is 4.32. The van der Waals surface area contributed by atoms with Crippen LogP contribution in [0.4, 0.5) is 0 Å². The lowest BCUT2D eigenvalue weighted by Gasteiger charge is -2.27. The molecule has 3 heteroatoms. The number of carbonyl (C=O) groups excluding carboxylic acids is 1. The molecule has 19 heavy (non-hydrogen) atoms. The average Bonchev–Trinajstić information content (AvgIpc) is 2.89. The fourth-order valence-electron chi connectivity index (χ4n) is 3.10. The normalized spacial score (nSPS) is 35.0. The van der Waals surface area contributed by atoms with Gasteiger partial charge in [0.25, 0.3) is 0 Å². The van der Waals surface area contributed by atoms with Crippen molar-refractivity contribution in [2.24, 2.45) is 5.92 Å². The van der Waals surface area contributed by atoms with Crippen LogP contribution in [0, 0.1) is 5.92 Å². The van der Waals surface area contributed by atoms with Gasteiger partial charge >= 0.3 is 5.97 Å². The summed E-state index contributed by atoms with van der Waals surface area (Å²) in [4.78, 5) is 12.0. The predicted octanol–water partition coefficient (Wildman–Crippen LogP) is 3.62. The molecule has 3 nitrogen and oxygen atoms in total. The van der Waals surface area contributed by atoms with E-state index in [1.807, 2.05) is 6.08 Å². The Bertz CT molecular complexity index is 305. The molecule has 0 aromatic heterocycles. The molecule has 1 heterocycles. The van der Waals surface area contributed by atoms with Crippen LogP contribution in [0.25, 0.3) is 0 Å². The van der Waals surface area contributed by atoms with Gasteiger partial charge < -0.3 is 9.47 Å². The maximum absolute atomic E-state index is 12.0. The van der Waals surface area contributed by atoms with Crippen molar-refractivity contribution in [1.82, 2.24) is 0 Å². The molecule has 0 aromatic carbocycles. The first kappa shape index (κ1) is 14.6. The van der Waals surface area contributed by atoms with Gasteiger partial charge in [0.1, 0.15) is 6.10 Å². The largest absolute Gasteiger partial charge is 0.460 e. The summed E-state index contributed by atoms with van der Waals surface area (Å²) < 4.78 is 11.4. The average molecular weight is 266 g/mol. The van der Waals surface area contributed by atoms with E-state index in [0.717, 1.165) is 51.4 Å². The second-order valence-corrected chi connectivity index (χ2v) is 5.82. The fourth-order valence-corrected chi connectivity index (χ4v) is 3.10. The molecule has 0 aromatic rings. The van der Waals surface area contributed by atoms with Crippen molar-refractivity contribution in [2.45, 2.75) is 76.6 Å². The summed E-state index contributed by atoms with van der Waals surface area (Å²) >= 11 is 0. The zero-order chi connectivity index (χ0) is 13.7. The Balaban J connectivity index is 1.71. The predicted molar refractivity (Wildman–Crippen MR) is 74.8 cm³/mol. The number of allylic oxidation sites excluding steroid dienone is 1. The number of esters is 1. The maximum Gasteiger partial charge on any atom is 0.335 e. The first-order valence-corrected chi connectivity index (χ1v) is 7.71. The highest BCUT2D eigenvalue weighted by molar-refractivity contribution is 5.75. The van der Waals surface area contributed by atoms with Crippen molar-refractivity contribution < 1.29 is 14.3 Å². The van der Waals surface area contributed by atoms with Crippen molar-refractivity contribution in [3.8, 4) is 0 Å². The third-order valence-corrected chi connectivity index (χ3v) is 4.32. The molecule has 0 spiro atoms. The molecule has 1 aliphatic heterocycles. The van der Waals surface area contributed by atoms with Crippen molar-refractivity contribution in [1.29, 1.82) is 0 Å². The highest BCUT2D eigenvalue weighted by atomic mass is 16.6. The lowest BCUT2D eigenvalue weighted by atomic mass is 9.87. The van der Waals surface area contributed by atoms with E-state index in [2.05, 4.69) is 13.5 Å². The van der Waals surface area contributed by atoms with Gasteiger partial charge in [-0.25, -0.2) is 4.79 Å². The zero-order valence-electron chi connectivity index (χ0n) is 12.0. The fraction of sp³-hybridized carbons (Fsp3) is 0.812. The smallest absolute Gasteiger partial charge is 0.335 e. The molecule has 1 saturated carbocycles. The molecule has 2 unspecified atom stereocenters. The standard InChI is InChI=1S/C16H26O3/c1-3-5-13-10-11-15(18-13)16(17)19-14-8-6-12(4-2)7-9-14/h4,12-15H,2-3,5-11H2,1H3. The maximum atomic E-state index is 12.0. The lowest BCUT2D eigenvalue weighted by Crippen LogP contribution is -2.30. The molecule has 2 fully saturated rings. The first-order chi connectivity index (χ1) is 9.22. The summed E-state index contributed by atoms with van der Waals surface area (Å²) in [5, 5.41) is 0. The SMILES string of the molecule is C=CC1CCC(OC(=O)C2CCC(CCC)O2)CC1. The molecule has 0 radical (unpaired) electrons. The summed E-state index contributed by atoms with van der Waals surface area (Å²) in [7, 11) is 0. The van der Waals surface area contributed by atoms with Crippen LogP contribution in [0.5, 0.6) is 0 Å². The summed E-state index contributed by atoms with van der Waals surface area (Å²) in [6.45, 7) is 5.98.